The SMILES string of the molecule is CCNC(=NCc1cccc(COC(C)C)c1)NCC(O)c1ccc(OC(F)F)cc1. The van der Waals surface area contributed by atoms with Gasteiger partial charge in [-0.25, -0.2) is 4.99 Å². The van der Waals surface area contributed by atoms with Crippen LogP contribution in [0.1, 0.15) is 43.6 Å². The first-order chi connectivity index (χ1) is 14.9. The highest BCUT2D eigenvalue weighted by molar-refractivity contribution is 5.79. The Morgan fingerprint density at radius 1 is 1.06 bits per heavy atom. The molecule has 6 nitrogen and oxygen atoms in total. The number of ether oxygens (including phenoxy) is 2. The van der Waals surface area contributed by atoms with E-state index in [1.165, 1.54) is 12.1 Å². The van der Waals surface area contributed by atoms with E-state index >= 15 is 0 Å². The number of hydrogen-bond donors (Lipinski definition) is 3. The first-order valence-electron chi connectivity index (χ1n) is 10.3. The van der Waals surface area contributed by atoms with Crippen molar-refractivity contribution in [3.63, 3.8) is 0 Å². The van der Waals surface area contributed by atoms with Gasteiger partial charge in [0, 0.05) is 13.1 Å². The van der Waals surface area contributed by atoms with Crippen molar-refractivity contribution < 1.29 is 23.4 Å². The lowest BCUT2D eigenvalue weighted by molar-refractivity contribution is -0.0498. The summed E-state index contributed by atoms with van der Waals surface area (Å²) < 4.78 is 34.5. The topological polar surface area (TPSA) is 75.1 Å². The lowest BCUT2D eigenvalue weighted by atomic mass is 10.1. The lowest BCUT2D eigenvalue weighted by Crippen LogP contribution is -2.39. The van der Waals surface area contributed by atoms with E-state index in [0.29, 0.717) is 31.2 Å². The molecule has 1 atom stereocenters. The molecule has 2 aromatic rings. The molecule has 0 aliphatic rings. The predicted molar refractivity (Wildman–Crippen MR) is 117 cm³/mol. The molecule has 0 aliphatic heterocycles. The molecule has 31 heavy (non-hydrogen) atoms. The van der Waals surface area contributed by atoms with E-state index in [9.17, 15) is 13.9 Å². The molecule has 0 heterocycles. The Kier molecular flexibility index (Phi) is 10.2. The quantitative estimate of drug-likeness (QED) is 0.367. The van der Waals surface area contributed by atoms with E-state index in [1.54, 1.807) is 12.1 Å². The van der Waals surface area contributed by atoms with Gasteiger partial charge in [0.1, 0.15) is 5.75 Å². The minimum absolute atomic E-state index is 0.0508. The standard InChI is InChI=1S/C23H31F2N3O3/c1-4-26-23(27-13-17-6-5-7-18(12-17)15-30-16(2)3)28-14-21(29)19-8-10-20(11-9-19)31-22(24)25/h5-12,16,21-22,29H,4,13-15H2,1-3H3,(H2,26,27,28). The molecule has 170 valence electrons. The summed E-state index contributed by atoms with van der Waals surface area (Å²) in [6.45, 7) is 5.00. The lowest BCUT2D eigenvalue weighted by Gasteiger charge is -2.16. The first-order valence-corrected chi connectivity index (χ1v) is 10.3. The van der Waals surface area contributed by atoms with Crippen LogP contribution >= 0.6 is 0 Å². The summed E-state index contributed by atoms with van der Waals surface area (Å²) in [5.41, 5.74) is 2.73. The monoisotopic (exact) mass is 435 g/mol. The predicted octanol–water partition coefficient (Wildman–Crippen LogP) is 4.00. The van der Waals surface area contributed by atoms with Crippen LogP contribution in [0.25, 0.3) is 0 Å². The minimum Gasteiger partial charge on any atom is -0.435 e. The Labute approximate surface area is 182 Å². The van der Waals surface area contributed by atoms with Crippen LogP contribution < -0.4 is 15.4 Å². The highest BCUT2D eigenvalue weighted by Gasteiger charge is 2.10. The highest BCUT2D eigenvalue weighted by Crippen LogP contribution is 2.19. The third-order valence-corrected chi connectivity index (χ3v) is 4.29. The molecule has 0 radical (unpaired) electrons. The summed E-state index contributed by atoms with van der Waals surface area (Å²) in [6, 6.07) is 14.0. The summed E-state index contributed by atoms with van der Waals surface area (Å²) in [6.07, 6.45) is -0.660. The van der Waals surface area contributed by atoms with Gasteiger partial charge >= 0.3 is 6.61 Å². The number of nitrogens with one attached hydrogen (secondary N) is 2. The normalized spacial score (nSPS) is 12.8. The van der Waals surface area contributed by atoms with E-state index in [0.717, 1.165) is 11.1 Å². The molecular weight excluding hydrogens is 404 g/mol. The van der Waals surface area contributed by atoms with E-state index in [2.05, 4.69) is 26.4 Å². The van der Waals surface area contributed by atoms with Crippen molar-refractivity contribution in [2.45, 2.75) is 52.7 Å². The molecular formula is C23H31F2N3O3. The number of guanidine groups is 1. The Bertz CT molecular complexity index is 814. The smallest absolute Gasteiger partial charge is 0.387 e. The number of alkyl halides is 2. The van der Waals surface area contributed by atoms with Crippen LogP contribution in [0.3, 0.4) is 0 Å². The number of halogens is 2. The van der Waals surface area contributed by atoms with Gasteiger partial charge in [-0.3, -0.25) is 0 Å². The maximum absolute atomic E-state index is 12.2. The summed E-state index contributed by atoms with van der Waals surface area (Å²) in [5.74, 6) is 0.623. The molecule has 3 N–H and O–H groups in total. The number of aliphatic imine (C=N–C) groups is 1. The average Bonchev–Trinajstić information content (AvgIpc) is 2.74. The number of nitrogens with zero attached hydrogens (tertiary/aromatic N) is 1. The van der Waals surface area contributed by atoms with Crippen LogP contribution in [-0.2, 0) is 17.9 Å². The minimum atomic E-state index is -2.88. The highest BCUT2D eigenvalue weighted by atomic mass is 19.3. The van der Waals surface area contributed by atoms with Gasteiger partial charge in [0.05, 0.1) is 25.4 Å². The number of rotatable bonds is 11. The summed E-state index contributed by atoms with van der Waals surface area (Å²) in [4.78, 5) is 4.57. The van der Waals surface area contributed by atoms with Crippen LogP contribution in [0.2, 0.25) is 0 Å². The van der Waals surface area contributed by atoms with Gasteiger partial charge in [0.2, 0.25) is 0 Å². The van der Waals surface area contributed by atoms with Gasteiger partial charge in [0.15, 0.2) is 5.96 Å². The molecule has 8 heteroatoms. The van der Waals surface area contributed by atoms with Gasteiger partial charge in [-0.05, 0) is 49.6 Å². The number of aliphatic hydroxyl groups excluding tert-OH is 1. The zero-order valence-electron chi connectivity index (χ0n) is 18.1. The van der Waals surface area contributed by atoms with E-state index in [1.807, 2.05) is 39.0 Å². The van der Waals surface area contributed by atoms with Crippen LogP contribution in [0.5, 0.6) is 5.75 Å². The molecule has 2 rings (SSSR count). The fourth-order valence-corrected chi connectivity index (χ4v) is 2.78. The van der Waals surface area contributed by atoms with Crippen molar-refractivity contribution >= 4 is 5.96 Å². The van der Waals surface area contributed by atoms with Gasteiger partial charge < -0.3 is 25.2 Å². The maximum Gasteiger partial charge on any atom is 0.387 e. The van der Waals surface area contributed by atoms with Crippen molar-refractivity contribution in [2.24, 2.45) is 4.99 Å². The fraction of sp³-hybridized carbons (Fsp3) is 0.435. The zero-order chi connectivity index (χ0) is 22.6. The van der Waals surface area contributed by atoms with Gasteiger partial charge in [-0.15, -0.1) is 0 Å². The molecule has 0 aromatic heterocycles. The molecule has 0 bridgehead atoms. The van der Waals surface area contributed by atoms with Crippen molar-refractivity contribution in [2.75, 3.05) is 13.1 Å². The van der Waals surface area contributed by atoms with Crippen LogP contribution in [0.4, 0.5) is 8.78 Å². The number of hydrogen-bond acceptors (Lipinski definition) is 4. The largest absolute Gasteiger partial charge is 0.435 e. The van der Waals surface area contributed by atoms with Crippen LogP contribution in [0, 0.1) is 0 Å². The first kappa shape index (κ1) is 24.6. The molecule has 0 saturated carbocycles. The molecule has 0 fully saturated rings. The van der Waals surface area contributed by atoms with Gasteiger partial charge in [0.25, 0.3) is 0 Å². The molecule has 0 amide bonds. The third kappa shape index (κ3) is 9.31. The Morgan fingerprint density at radius 3 is 2.42 bits per heavy atom. The number of benzene rings is 2. The summed E-state index contributed by atoms with van der Waals surface area (Å²) in [5, 5.41) is 16.6. The van der Waals surface area contributed by atoms with Crippen molar-refractivity contribution in [3.05, 3.63) is 65.2 Å². The second kappa shape index (κ2) is 12.9. The molecule has 2 aromatic carbocycles. The molecule has 0 spiro atoms. The molecule has 1 unspecified atom stereocenters. The number of aliphatic hydroxyl groups is 1. The van der Waals surface area contributed by atoms with Crippen molar-refractivity contribution in [1.82, 2.24) is 10.6 Å². The maximum atomic E-state index is 12.2. The molecule has 0 aliphatic carbocycles. The Morgan fingerprint density at radius 2 is 1.77 bits per heavy atom. The van der Waals surface area contributed by atoms with E-state index in [4.69, 9.17) is 4.74 Å². The Balaban J connectivity index is 1.93. The van der Waals surface area contributed by atoms with E-state index in [-0.39, 0.29) is 18.4 Å². The second-order valence-electron chi connectivity index (χ2n) is 7.22. The summed E-state index contributed by atoms with van der Waals surface area (Å²) in [7, 11) is 0. The van der Waals surface area contributed by atoms with Crippen molar-refractivity contribution in [3.8, 4) is 5.75 Å². The van der Waals surface area contributed by atoms with Gasteiger partial charge in [-0.2, -0.15) is 8.78 Å². The van der Waals surface area contributed by atoms with Gasteiger partial charge in [-0.1, -0.05) is 36.4 Å². The average molecular weight is 436 g/mol. The van der Waals surface area contributed by atoms with Crippen molar-refractivity contribution in [1.29, 1.82) is 0 Å². The fourth-order valence-electron chi connectivity index (χ4n) is 2.78. The Hall–Kier alpha value is -2.71. The molecule has 0 saturated heterocycles. The van der Waals surface area contributed by atoms with Crippen LogP contribution in [-0.4, -0.2) is 36.9 Å². The zero-order valence-corrected chi connectivity index (χ0v) is 18.1. The third-order valence-electron chi connectivity index (χ3n) is 4.29. The van der Waals surface area contributed by atoms with Crippen LogP contribution in [0.15, 0.2) is 53.5 Å². The van der Waals surface area contributed by atoms with E-state index < -0.39 is 12.7 Å². The second-order valence-corrected chi connectivity index (χ2v) is 7.22. The summed E-state index contributed by atoms with van der Waals surface area (Å²) >= 11 is 0.